The molecule has 0 aromatic rings. The highest BCUT2D eigenvalue weighted by Gasteiger charge is 2.37. The van der Waals surface area contributed by atoms with Gasteiger partial charge >= 0.3 is 0 Å². The van der Waals surface area contributed by atoms with Crippen molar-refractivity contribution in [3.63, 3.8) is 0 Å². The molecule has 0 amide bonds. The molecule has 1 aliphatic rings. The SMILES string of the molecule is CC(C)[C@H]1CC(O)[C@H](O)C(CO)O1. The molecule has 1 saturated heterocycles. The van der Waals surface area contributed by atoms with Gasteiger partial charge in [0.15, 0.2) is 0 Å². The molecule has 4 heteroatoms. The fraction of sp³-hybridized carbons (Fsp3) is 1.00. The predicted molar refractivity (Wildman–Crippen MR) is 47.2 cm³/mol. The van der Waals surface area contributed by atoms with E-state index in [1.54, 1.807) is 0 Å². The standard InChI is InChI=1S/C9H18O4/c1-5(2)7-3-6(11)9(12)8(4-10)13-7/h5-12H,3-4H2,1-2H3/t6?,7-,8?,9+/m1/s1. The first-order chi connectivity index (χ1) is 6.06. The maximum absolute atomic E-state index is 9.46. The van der Waals surface area contributed by atoms with Gasteiger partial charge in [0, 0.05) is 6.42 Å². The molecule has 2 unspecified atom stereocenters. The summed E-state index contributed by atoms with van der Waals surface area (Å²) in [6, 6.07) is 0. The van der Waals surface area contributed by atoms with Crippen molar-refractivity contribution in [2.45, 2.75) is 44.7 Å². The summed E-state index contributed by atoms with van der Waals surface area (Å²) in [5.74, 6) is 0.288. The molecule has 4 nitrogen and oxygen atoms in total. The van der Waals surface area contributed by atoms with Gasteiger partial charge in [0.1, 0.15) is 12.2 Å². The van der Waals surface area contributed by atoms with Gasteiger partial charge in [-0.2, -0.15) is 0 Å². The number of aliphatic hydroxyl groups is 3. The highest BCUT2D eigenvalue weighted by atomic mass is 16.5. The fourth-order valence-corrected chi connectivity index (χ4v) is 1.57. The van der Waals surface area contributed by atoms with Crippen LogP contribution in [0.5, 0.6) is 0 Å². The minimum atomic E-state index is -0.958. The van der Waals surface area contributed by atoms with Crippen LogP contribution in [0.15, 0.2) is 0 Å². The molecule has 1 aliphatic heterocycles. The van der Waals surface area contributed by atoms with Crippen LogP contribution < -0.4 is 0 Å². The van der Waals surface area contributed by atoms with Gasteiger partial charge in [0.2, 0.25) is 0 Å². The minimum Gasteiger partial charge on any atom is -0.394 e. The van der Waals surface area contributed by atoms with E-state index in [9.17, 15) is 10.2 Å². The molecule has 1 rings (SSSR count). The third-order valence-corrected chi connectivity index (χ3v) is 2.52. The van der Waals surface area contributed by atoms with E-state index < -0.39 is 18.3 Å². The van der Waals surface area contributed by atoms with Gasteiger partial charge in [-0.05, 0) is 5.92 Å². The van der Waals surface area contributed by atoms with Gasteiger partial charge in [-0.3, -0.25) is 0 Å². The Bertz CT molecular complexity index is 160. The van der Waals surface area contributed by atoms with E-state index in [2.05, 4.69) is 0 Å². The van der Waals surface area contributed by atoms with Gasteiger partial charge in [-0.1, -0.05) is 13.8 Å². The first-order valence-electron chi connectivity index (χ1n) is 4.68. The van der Waals surface area contributed by atoms with Crippen molar-refractivity contribution >= 4 is 0 Å². The highest BCUT2D eigenvalue weighted by molar-refractivity contribution is 4.85. The first kappa shape index (κ1) is 10.9. The largest absolute Gasteiger partial charge is 0.394 e. The normalized spacial score (nSPS) is 41.1. The Kier molecular flexibility index (Phi) is 3.67. The number of hydrogen-bond acceptors (Lipinski definition) is 4. The molecule has 78 valence electrons. The van der Waals surface area contributed by atoms with E-state index in [1.165, 1.54) is 0 Å². The predicted octanol–water partition coefficient (Wildman–Crippen LogP) is -0.486. The number of rotatable bonds is 2. The second kappa shape index (κ2) is 4.37. The third kappa shape index (κ3) is 2.40. The van der Waals surface area contributed by atoms with Gasteiger partial charge < -0.3 is 20.1 Å². The van der Waals surface area contributed by atoms with E-state index in [-0.39, 0.29) is 18.6 Å². The molecule has 3 N–H and O–H groups in total. The van der Waals surface area contributed by atoms with Crippen LogP contribution in [-0.4, -0.2) is 46.3 Å². The lowest BCUT2D eigenvalue weighted by Gasteiger charge is -2.38. The second-order valence-electron chi connectivity index (χ2n) is 3.93. The highest BCUT2D eigenvalue weighted by Crippen LogP contribution is 2.24. The van der Waals surface area contributed by atoms with Crippen LogP contribution in [0, 0.1) is 5.92 Å². The fourth-order valence-electron chi connectivity index (χ4n) is 1.57. The molecule has 4 atom stereocenters. The number of aliphatic hydroxyl groups excluding tert-OH is 3. The molecule has 0 radical (unpaired) electrons. The average molecular weight is 190 g/mol. The summed E-state index contributed by atoms with van der Waals surface area (Å²) in [4.78, 5) is 0. The molecule has 1 fully saturated rings. The Balaban J connectivity index is 2.58. The van der Waals surface area contributed by atoms with Gasteiger partial charge in [-0.25, -0.2) is 0 Å². The molecule has 0 aliphatic carbocycles. The van der Waals surface area contributed by atoms with E-state index in [1.807, 2.05) is 13.8 Å². The summed E-state index contributed by atoms with van der Waals surface area (Å²) < 4.78 is 5.42. The Morgan fingerprint density at radius 3 is 2.46 bits per heavy atom. The molecule has 1 heterocycles. The second-order valence-corrected chi connectivity index (χ2v) is 3.93. The van der Waals surface area contributed by atoms with Crippen LogP contribution in [0.3, 0.4) is 0 Å². The summed E-state index contributed by atoms with van der Waals surface area (Å²) >= 11 is 0. The van der Waals surface area contributed by atoms with Crippen molar-refractivity contribution in [1.29, 1.82) is 0 Å². The Morgan fingerprint density at radius 2 is 2.00 bits per heavy atom. The van der Waals surface area contributed by atoms with Crippen molar-refractivity contribution in [3.05, 3.63) is 0 Å². The Morgan fingerprint density at radius 1 is 1.38 bits per heavy atom. The van der Waals surface area contributed by atoms with Crippen LogP contribution in [0.2, 0.25) is 0 Å². The smallest absolute Gasteiger partial charge is 0.109 e. The van der Waals surface area contributed by atoms with E-state index in [0.29, 0.717) is 6.42 Å². The zero-order valence-corrected chi connectivity index (χ0v) is 8.05. The number of ether oxygens (including phenoxy) is 1. The van der Waals surface area contributed by atoms with Crippen molar-refractivity contribution in [2.75, 3.05) is 6.61 Å². The van der Waals surface area contributed by atoms with Gasteiger partial charge in [0.25, 0.3) is 0 Å². The van der Waals surface area contributed by atoms with Crippen LogP contribution in [0.4, 0.5) is 0 Å². The Hall–Kier alpha value is -0.160. The molecular weight excluding hydrogens is 172 g/mol. The summed E-state index contributed by atoms with van der Waals surface area (Å²) in [5, 5.41) is 27.7. The molecule has 0 aromatic heterocycles. The maximum Gasteiger partial charge on any atom is 0.109 e. The van der Waals surface area contributed by atoms with Crippen molar-refractivity contribution < 1.29 is 20.1 Å². The monoisotopic (exact) mass is 190 g/mol. The van der Waals surface area contributed by atoms with Crippen molar-refractivity contribution in [2.24, 2.45) is 5.92 Å². The van der Waals surface area contributed by atoms with Crippen LogP contribution in [0.1, 0.15) is 20.3 Å². The lowest BCUT2D eigenvalue weighted by atomic mass is 9.92. The molecule has 13 heavy (non-hydrogen) atoms. The molecule has 0 aromatic carbocycles. The average Bonchev–Trinajstić information content (AvgIpc) is 2.09. The molecular formula is C9H18O4. The number of hydrogen-bond donors (Lipinski definition) is 3. The zero-order valence-electron chi connectivity index (χ0n) is 8.05. The van der Waals surface area contributed by atoms with Crippen LogP contribution in [-0.2, 0) is 4.74 Å². The summed E-state index contributed by atoms with van der Waals surface area (Å²) in [6.07, 6.45) is -2.01. The summed E-state index contributed by atoms with van der Waals surface area (Å²) in [7, 11) is 0. The van der Waals surface area contributed by atoms with Gasteiger partial charge in [-0.15, -0.1) is 0 Å². The van der Waals surface area contributed by atoms with Crippen LogP contribution in [0.25, 0.3) is 0 Å². The summed E-state index contributed by atoms with van der Waals surface area (Å²) in [5.41, 5.74) is 0. The topological polar surface area (TPSA) is 69.9 Å². The molecule has 0 spiro atoms. The lowest BCUT2D eigenvalue weighted by molar-refractivity contribution is -0.189. The van der Waals surface area contributed by atoms with Crippen molar-refractivity contribution in [1.82, 2.24) is 0 Å². The molecule has 0 bridgehead atoms. The summed E-state index contributed by atoms with van der Waals surface area (Å²) in [6.45, 7) is 3.73. The van der Waals surface area contributed by atoms with E-state index >= 15 is 0 Å². The maximum atomic E-state index is 9.46. The quantitative estimate of drug-likeness (QED) is 0.550. The van der Waals surface area contributed by atoms with Crippen molar-refractivity contribution in [3.8, 4) is 0 Å². The van der Waals surface area contributed by atoms with Gasteiger partial charge in [0.05, 0.1) is 18.8 Å². The lowest BCUT2D eigenvalue weighted by Crippen LogP contribution is -2.51. The van der Waals surface area contributed by atoms with Crippen LogP contribution >= 0.6 is 0 Å². The third-order valence-electron chi connectivity index (χ3n) is 2.52. The first-order valence-corrected chi connectivity index (χ1v) is 4.68. The van der Waals surface area contributed by atoms with E-state index in [0.717, 1.165) is 0 Å². The van der Waals surface area contributed by atoms with E-state index in [4.69, 9.17) is 9.84 Å². The zero-order chi connectivity index (χ0) is 10.0. The minimum absolute atomic E-state index is 0.0736. The molecule has 0 saturated carbocycles. The Labute approximate surface area is 78.1 Å².